The molecule has 0 spiro atoms. The molecule has 128 heavy (non-hydrogen) atoms. The summed E-state index contributed by atoms with van der Waals surface area (Å²) in [6.07, 6.45) is -17.8. The Balaban J connectivity index is 0.000000159. The highest BCUT2D eigenvalue weighted by Gasteiger charge is 2.54. The van der Waals surface area contributed by atoms with Gasteiger partial charge in [0, 0.05) is 102 Å². The number of carbonyl (C=O) groups is 4. The molecule has 8 aliphatic rings. The number of hydrogen-bond acceptors (Lipinski definition) is 12. The van der Waals surface area contributed by atoms with Crippen LogP contribution < -0.4 is 41.9 Å². The zero-order chi connectivity index (χ0) is 134. The van der Waals surface area contributed by atoms with E-state index in [2.05, 4.69) is 0 Å². The zero-order valence-electron chi connectivity index (χ0n) is 121. The zero-order valence-corrected chi connectivity index (χ0v) is 68.9. The topological polar surface area (TPSA) is 222 Å². The Hall–Kier alpha value is -12.4. The third-order valence-corrected chi connectivity index (χ3v) is 24.1. The number of carbonyl (C=O) groups excluding carboxylic acids is 4. The third kappa shape index (κ3) is 18.4. The van der Waals surface area contributed by atoms with Crippen molar-refractivity contribution in [3.05, 3.63) is 404 Å². The van der Waals surface area contributed by atoms with Crippen molar-refractivity contribution >= 4 is 23.6 Å². The van der Waals surface area contributed by atoms with Gasteiger partial charge in [0.15, 0.2) is 0 Å². The Morgan fingerprint density at radius 1 is 0.320 bits per heavy atom. The molecule has 8 N–H and O–H groups in total. The van der Waals surface area contributed by atoms with Gasteiger partial charge in [-0.05, 0) is 214 Å². The van der Waals surface area contributed by atoms with E-state index in [-0.39, 0.29) is 103 Å². The second-order valence-corrected chi connectivity index (χ2v) is 31.0. The molecular formula is C112H120N8O8. The van der Waals surface area contributed by atoms with E-state index in [0.717, 1.165) is 16.0 Å². The fraction of sp³-hybridized carbons (Fsp3) is 0.321. The first-order valence-corrected chi connectivity index (χ1v) is 41.3. The van der Waals surface area contributed by atoms with Crippen LogP contribution in [0.1, 0.15) is 186 Å². The van der Waals surface area contributed by atoms with E-state index in [1.807, 2.05) is 77.7 Å². The maximum absolute atomic E-state index is 14.0. The summed E-state index contributed by atoms with van der Waals surface area (Å²) < 4.78 is 464. The largest absolute Gasteiger partial charge is 0.493 e. The average molecular weight is 1760 g/mol. The number of rotatable bonds is 28. The van der Waals surface area contributed by atoms with Gasteiger partial charge in [-0.3, -0.25) is 19.2 Å². The lowest BCUT2D eigenvalue weighted by atomic mass is 9.64. The molecule has 0 unspecified atom stereocenters. The molecular weight excluding hydrogens is 1590 g/mol. The highest BCUT2D eigenvalue weighted by molar-refractivity contribution is 5.94. The van der Waals surface area contributed by atoms with E-state index >= 15 is 0 Å². The summed E-state index contributed by atoms with van der Waals surface area (Å²) >= 11 is 0. The first kappa shape index (κ1) is 45.0. The van der Waals surface area contributed by atoms with E-state index in [9.17, 15) is 19.2 Å². The van der Waals surface area contributed by atoms with Crippen molar-refractivity contribution in [1.82, 2.24) is 19.6 Å². The highest BCUT2D eigenvalue weighted by Crippen LogP contribution is 2.49. The Bertz CT molecular complexity index is 8490. The standard InChI is InChI=1S/4C28H30N2O2/c4*29-27(31)28(23-7-3-1-4-8-23,24-9-5-2-6-10-24)25-14-17-30(20-25)16-13-21-11-12-26-22(19-21)15-18-32-26/h4*1-12,19,25H,13-18,20H2,(H2,29,31)/t4*25-/m1111/s1/i1D,2D,3D,4D,5D,6D,7D,8D,9D,10D,11D,12D,13D2,15D2,16D2,19D;1D,2D,3D,4D,5D,6D,7D,8D,9D,10D,11D,12D,13D2,15D2,19D;11D,12D,13D2,15D2,16D2,19D;11D,12D,13D2,18D2,19D. The fourth-order valence-corrected chi connectivity index (χ4v) is 18.1. The van der Waals surface area contributed by atoms with Crippen LogP contribution in [0.5, 0.6) is 23.0 Å². The van der Waals surface area contributed by atoms with Gasteiger partial charge < -0.3 is 61.5 Å². The van der Waals surface area contributed by atoms with Gasteiger partial charge in [0.05, 0.1) is 73.0 Å². The number of primary amides is 4. The molecule has 12 aromatic carbocycles. The molecule has 4 atom stereocenters. The number of ether oxygens (including phenoxy) is 4. The number of benzene rings is 12. The Labute approximate surface area is 827 Å². The maximum Gasteiger partial charge on any atom is 0.232 e. The fourth-order valence-electron chi connectivity index (χ4n) is 18.1. The number of hydrogen-bond donors (Lipinski definition) is 4. The van der Waals surface area contributed by atoms with E-state index in [4.69, 9.17) is 113 Å². The number of nitrogens with zero attached hydrogens (tertiary/aromatic N) is 4. The smallest absolute Gasteiger partial charge is 0.232 e. The molecule has 20 rings (SSSR count). The predicted molar refractivity (Wildman–Crippen MR) is 507 cm³/mol. The maximum atomic E-state index is 14.0. The first-order chi connectivity index (χ1) is 83.4. The summed E-state index contributed by atoms with van der Waals surface area (Å²) in [6, 6.07) is 10.9. The monoisotopic (exact) mass is 1760 g/mol. The van der Waals surface area contributed by atoms with Crippen molar-refractivity contribution in [2.24, 2.45) is 46.6 Å². The van der Waals surface area contributed by atoms with Crippen molar-refractivity contribution in [2.75, 3.05) is 105 Å². The van der Waals surface area contributed by atoms with Crippen LogP contribution in [0.2, 0.25) is 0 Å². The molecule has 4 amide bonds. The summed E-state index contributed by atoms with van der Waals surface area (Å²) in [4.78, 5) is 59.9. The van der Waals surface area contributed by atoms with Crippen molar-refractivity contribution in [2.45, 2.75) is 98.4 Å². The van der Waals surface area contributed by atoms with Gasteiger partial charge in [-0.1, -0.05) is 291 Å². The van der Waals surface area contributed by atoms with Crippen LogP contribution in [0.15, 0.2) is 315 Å². The molecule has 4 saturated heterocycles. The Morgan fingerprint density at radius 3 is 0.875 bits per heavy atom. The molecule has 0 radical (unpaired) electrons. The molecule has 656 valence electrons. The average Bonchev–Trinajstić information content (AvgIpc) is 1.33. The van der Waals surface area contributed by atoms with Crippen LogP contribution >= 0.6 is 0 Å². The van der Waals surface area contributed by atoms with Gasteiger partial charge in [0.2, 0.25) is 23.6 Å². The molecule has 16 heteroatoms. The minimum absolute atomic E-state index is 0.0507. The SMILES string of the molecule is [2H]c1c([2H])c(C([2H])([2H])C([2H])([2H])N2CC[C@@H](C(C(N)=O)(c3ccccc3)c3ccccc3)C2)c([2H])c2c1OCC2([2H])[2H].[2H]c1c([2H])c(C([2H])([2H])CN2CC[C@@H](C(C(N)=O)(c3ccccc3)c3ccccc3)C2)c([2H])c2c1OC([2H])([2H])C2.[2H]c1c([2H])c([2H])c(C(C(N)=O)(c2c([2H])c([2H])c([2H])c([2H])c2[2H])[C@@H]2CCN(C([2H])([2H])C([2H])([2H])c3c([2H])c([2H])c4c(c3[2H])C([2H])([2H])CO4)C2)c([2H])c1[2H].[2H]c1c([2H])c([2H])c(C(C(N)=O)(c2c([2H])c([2H])c([2H])c([2H])c2[2H])[C@@H]2CCN(CC([2H])([2H])c3c([2H])c([2H])c4c(c3[2H])C([2H])([2H])CO4)C2)c([2H])c1[2H]. The highest BCUT2D eigenvalue weighted by atomic mass is 16.5. The summed E-state index contributed by atoms with van der Waals surface area (Å²) in [5.41, 5.74) is 12.5. The van der Waals surface area contributed by atoms with Gasteiger partial charge >= 0.3 is 0 Å². The van der Waals surface area contributed by atoms with Crippen LogP contribution in [-0.4, -0.2) is 148 Å². The van der Waals surface area contributed by atoms with Crippen molar-refractivity contribution in [3.63, 3.8) is 0 Å². The third-order valence-electron chi connectivity index (χ3n) is 24.1. The molecule has 4 fully saturated rings. The van der Waals surface area contributed by atoms with Gasteiger partial charge in [0.1, 0.15) is 44.7 Å². The van der Waals surface area contributed by atoms with Gasteiger partial charge in [-0.2, -0.15) is 0 Å². The second kappa shape index (κ2) is 40.3. The lowest BCUT2D eigenvalue weighted by Crippen LogP contribution is -2.49. The summed E-state index contributed by atoms with van der Waals surface area (Å²) in [7, 11) is 0. The molecule has 8 heterocycles. The summed E-state index contributed by atoms with van der Waals surface area (Å²) in [5.74, 6) is -8.78. The van der Waals surface area contributed by atoms with Crippen molar-refractivity contribution in [3.8, 4) is 23.0 Å². The van der Waals surface area contributed by atoms with E-state index in [1.54, 1.807) is 48.5 Å². The minimum atomic E-state index is -3.36. The molecule has 0 aromatic heterocycles. The van der Waals surface area contributed by atoms with Crippen LogP contribution in [-0.2, 0) is 91.9 Å². The Kier molecular flexibility index (Phi) is 14.2. The summed E-state index contributed by atoms with van der Waals surface area (Å²) in [5, 5.41) is 0. The van der Waals surface area contributed by atoms with Crippen LogP contribution in [0.4, 0.5) is 0 Å². The van der Waals surface area contributed by atoms with Crippen molar-refractivity contribution < 1.29 is 109 Å². The second-order valence-electron chi connectivity index (χ2n) is 31.0. The first-order valence-electron chi connectivity index (χ1n) is 67.3. The molecule has 0 aliphatic carbocycles. The molecule has 12 aromatic rings. The Morgan fingerprint density at radius 2 is 0.578 bits per heavy atom. The van der Waals surface area contributed by atoms with E-state index in [1.165, 1.54) is 9.80 Å². The van der Waals surface area contributed by atoms with Crippen LogP contribution in [0, 0.1) is 23.7 Å². The van der Waals surface area contributed by atoms with Gasteiger partial charge in [0.25, 0.3) is 0 Å². The van der Waals surface area contributed by atoms with Crippen LogP contribution in [0.3, 0.4) is 0 Å². The number of nitrogens with two attached hydrogens (primary N) is 4. The number of likely N-dealkylation sites (tertiary alicyclic amines) is 4. The van der Waals surface area contributed by atoms with E-state index in [0.29, 0.717) is 37.1 Å². The lowest BCUT2D eigenvalue weighted by molar-refractivity contribution is -0.124. The molecule has 16 nitrogen and oxygen atoms in total. The van der Waals surface area contributed by atoms with Crippen LogP contribution in [0.25, 0.3) is 0 Å². The number of amides is 4. The minimum Gasteiger partial charge on any atom is -0.493 e. The van der Waals surface area contributed by atoms with Crippen molar-refractivity contribution in [1.29, 1.82) is 0 Å². The molecule has 0 bridgehead atoms. The number of fused-ring (bicyclic) bond motifs is 4. The van der Waals surface area contributed by atoms with E-state index < -0.39 is 404 Å². The molecule has 8 aliphatic heterocycles. The normalized spacial score (nSPS) is 26.4. The predicted octanol–water partition coefficient (Wildman–Crippen LogP) is 15.8. The summed E-state index contributed by atoms with van der Waals surface area (Å²) in [6.45, 7) is -11.4. The van der Waals surface area contributed by atoms with Gasteiger partial charge in [-0.15, -0.1) is 0 Å². The quantitative estimate of drug-likeness (QED) is 0.0360. The molecule has 0 saturated carbocycles. The lowest BCUT2D eigenvalue weighted by Gasteiger charge is -2.37. The van der Waals surface area contributed by atoms with Gasteiger partial charge in [-0.25, -0.2) is 0 Å².